The Bertz CT molecular complexity index is 887. The summed E-state index contributed by atoms with van der Waals surface area (Å²) in [7, 11) is 0. The second-order valence-electron chi connectivity index (χ2n) is 7.58. The molecule has 0 aromatic heterocycles. The maximum absolute atomic E-state index is 13.3. The van der Waals surface area contributed by atoms with Crippen LogP contribution in [0.5, 0.6) is 5.75 Å². The maximum Gasteiger partial charge on any atom is 0.257 e. The number of phenols is 1. The van der Waals surface area contributed by atoms with Gasteiger partial charge in [0.05, 0.1) is 12.6 Å². The minimum absolute atomic E-state index is 0.00492. The average molecular weight is 449 g/mol. The number of ketones is 1. The van der Waals surface area contributed by atoms with Crippen molar-refractivity contribution in [1.29, 1.82) is 0 Å². The van der Waals surface area contributed by atoms with E-state index in [0.29, 0.717) is 5.56 Å². The predicted octanol–water partition coefficient (Wildman–Crippen LogP) is -2.54. The molecular weight excluding hydrogens is 422 g/mol. The number of rotatable bonds is 8. The van der Waals surface area contributed by atoms with Crippen molar-refractivity contribution in [2.75, 3.05) is 6.54 Å². The number of likely N-dealkylation sites (tertiary alicyclic amines) is 1. The lowest BCUT2D eigenvalue weighted by Gasteiger charge is -2.29. The zero-order chi connectivity index (χ0) is 24.0. The third-order valence-corrected chi connectivity index (χ3v) is 4.99. The minimum Gasteiger partial charge on any atom is -0.508 e. The number of aliphatic hydroxyl groups is 1. The fraction of sp³-hybridized carbons (Fsp3) is 0.450. The third kappa shape index (κ3) is 6.25. The molecule has 4 amide bonds. The van der Waals surface area contributed by atoms with Crippen molar-refractivity contribution in [1.82, 2.24) is 21.0 Å². The van der Waals surface area contributed by atoms with Crippen molar-refractivity contribution in [3.05, 3.63) is 29.8 Å². The minimum atomic E-state index is -1.33. The molecule has 32 heavy (non-hydrogen) atoms. The Labute approximate surface area is 184 Å². The van der Waals surface area contributed by atoms with Crippen LogP contribution in [0.15, 0.2) is 24.3 Å². The first-order chi connectivity index (χ1) is 15.0. The van der Waals surface area contributed by atoms with E-state index in [1.807, 2.05) is 5.43 Å². The van der Waals surface area contributed by atoms with Crippen molar-refractivity contribution < 1.29 is 34.2 Å². The second-order valence-corrected chi connectivity index (χ2v) is 7.58. The van der Waals surface area contributed by atoms with Gasteiger partial charge in [-0.2, -0.15) is 0 Å². The fourth-order valence-electron chi connectivity index (χ4n) is 3.41. The molecule has 0 aliphatic carbocycles. The van der Waals surface area contributed by atoms with Gasteiger partial charge in [0.15, 0.2) is 5.78 Å². The lowest BCUT2D eigenvalue weighted by atomic mass is 10.0. The molecular formula is C20H27N5O7. The van der Waals surface area contributed by atoms with Crippen LogP contribution in [0, 0.1) is 0 Å². The van der Waals surface area contributed by atoms with Crippen molar-refractivity contribution in [2.45, 2.75) is 50.9 Å². The largest absolute Gasteiger partial charge is 0.508 e. The summed E-state index contributed by atoms with van der Waals surface area (Å²) >= 11 is 0. The van der Waals surface area contributed by atoms with Gasteiger partial charge in [0, 0.05) is 19.8 Å². The standard InChI is InChI=1S/C20H27N5O7/c1-10(26)17(22-11(2)27)19(31)23-15(7-12-3-5-13(28)6-4-12)20(32)25-9-14(29)8-16(25)18(30)24-21/h3-6,10,15-17,26,28H,7-9,21H2,1-2H3,(H,22,27)(H,23,31)(H,24,30)/t10-,15+,16+,17+/m1/s1. The van der Waals surface area contributed by atoms with E-state index >= 15 is 0 Å². The first-order valence-corrected chi connectivity index (χ1v) is 9.89. The summed E-state index contributed by atoms with van der Waals surface area (Å²) < 4.78 is 0. The maximum atomic E-state index is 13.3. The van der Waals surface area contributed by atoms with Crippen LogP contribution in [-0.4, -0.2) is 75.3 Å². The van der Waals surface area contributed by atoms with E-state index in [0.717, 1.165) is 4.90 Å². The highest BCUT2D eigenvalue weighted by Crippen LogP contribution is 2.18. The Balaban J connectivity index is 2.32. The molecule has 2 rings (SSSR count). The molecule has 1 aromatic rings. The number of nitrogens with zero attached hydrogens (tertiary/aromatic N) is 1. The van der Waals surface area contributed by atoms with E-state index in [1.54, 1.807) is 12.1 Å². The highest BCUT2D eigenvalue weighted by molar-refractivity contribution is 6.01. The van der Waals surface area contributed by atoms with Crippen LogP contribution in [-0.2, 0) is 30.4 Å². The molecule has 1 aromatic carbocycles. The second kappa shape index (κ2) is 10.7. The number of carbonyl (C=O) groups excluding carboxylic acids is 5. The van der Waals surface area contributed by atoms with Gasteiger partial charge in [-0.05, 0) is 24.6 Å². The van der Waals surface area contributed by atoms with Crippen LogP contribution in [0.25, 0.3) is 0 Å². The Morgan fingerprint density at radius 1 is 1.19 bits per heavy atom. The van der Waals surface area contributed by atoms with Gasteiger partial charge in [0.2, 0.25) is 17.7 Å². The number of Topliss-reactive ketones (excluding diaryl/α,β-unsaturated/α-hetero) is 1. The number of nitrogens with one attached hydrogen (secondary N) is 3. The highest BCUT2D eigenvalue weighted by Gasteiger charge is 2.41. The van der Waals surface area contributed by atoms with E-state index in [1.165, 1.54) is 26.0 Å². The van der Waals surface area contributed by atoms with E-state index < -0.39 is 47.9 Å². The summed E-state index contributed by atoms with van der Waals surface area (Å²) in [6.07, 6.45) is -1.51. The summed E-state index contributed by atoms with van der Waals surface area (Å²) in [5, 5.41) is 24.2. The molecule has 1 fully saturated rings. The van der Waals surface area contributed by atoms with Gasteiger partial charge < -0.3 is 25.7 Å². The zero-order valence-corrected chi connectivity index (χ0v) is 17.7. The van der Waals surface area contributed by atoms with Crippen LogP contribution >= 0.6 is 0 Å². The Kier molecular flexibility index (Phi) is 8.27. The quantitative estimate of drug-likeness (QED) is 0.142. The van der Waals surface area contributed by atoms with Gasteiger partial charge in [0.1, 0.15) is 23.9 Å². The number of aliphatic hydroxyl groups excluding tert-OH is 1. The van der Waals surface area contributed by atoms with Gasteiger partial charge in [-0.15, -0.1) is 0 Å². The number of phenolic OH excluding ortho intramolecular Hbond substituents is 1. The smallest absolute Gasteiger partial charge is 0.257 e. The molecule has 4 atom stereocenters. The average Bonchev–Trinajstić information content (AvgIpc) is 3.13. The van der Waals surface area contributed by atoms with E-state index in [2.05, 4.69) is 10.6 Å². The molecule has 0 saturated carbocycles. The molecule has 0 radical (unpaired) electrons. The number of carbonyl (C=O) groups is 5. The third-order valence-electron chi connectivity index (χ3n) is 4.99. The van der Waals surface area contributed by atoms with Crippen LogP contribution in [0.2, 0.25) is 0 Å². The monoisotopic (exact) mass is 449 g/mol. The van der Waals surface area contributed by atoms with Gasteiger partial charge >= 0.3 is 0 Å². The number of hydrogen-bond donors (Lipinski definition) is 6. The van der Waals surface area contributed by atoms with Gasteiger partial charge in [-0.25, -0.2) is 5.84 Å². The lowest BCUT2D eigenvalue weighted by molar-refractivity contribution is -0.142. The number of hydrogen-bond acceptors (Lipinski definition) is 8. The molecule has 1 aliphatic rings. The Morgan fingerprint density at radius 3 is 2.34 bits per heavy atom. The van der Waals surface area contributed by atoms with Crippen molar-refractivity contribution in [3.63, 3.8) is 0 Å². The Morgan fingerprint density at radius 2 is 1.81 bits per heavy atom. The summed E-state index contributed by atoms with van der Waals surface area (Å²) in [4.78, 5) is 62.5. The summed E-state index contributed by atoms with van der Waals surface area (Å²) in [6.45, 7) is 2.15. The van der Waals surface area contributed by atoms with E-state index in [9.17, 15) is 34.2 Å². The summed E-state index contributed by atoms with van der Waals surface area (Å²) in [5.74, 6) is 2.01. The number of aromatic hydroxyl groups is 1. The normalized spacial score (nSPS) is 18.4. The van der Waals surface area contributed by atoms with E-state index in [4.69, 9.17) is 5.84 Å². The van der Waals surface area contributed by atoms with Crippen LogP contribution in [0.4, 0.5) is 0 Å². The summed E-state index contributed by atoms with van der Waals surface area (Å²) in [5.41, 5.74) is 2.49. The van der Waals surface area contributed by atoms with Crippen LogP contribution < -0.4 is 21.9 Å². The van der Waals surface area contributed by atoms with Crippen molar-refractivity contribution >= 4 is 29.4 Å². The molecule has 1 saturated heterocycles. The lowest BCUT2D eigenvalue weighted by Crippen LogP contribution is -2.59. The zero-order valence-electron chi connectivity index (χ0n) is 17.7. The van der Waals surface area contributed by atoms with Gasteiger partial charge in [-0.3, -0.25) is 29.4 Å². The predicted molar refractivity (Wildman–Crippen MR) is 110 cm³/mol. The van der Waals surface area contributed by atoms with Crippen LogP contribution in [0.1, 0.15) is 25.8 Å². The van der Waals surface area contributed by atoms with Gasteiger partial charge in [-0.1, -0.05) is 12.1 Å². The number of benzene rings is 1. The fourth-order valence-corrected chi connectivity index (χ4v) is 3.41. The molecule has 1 aliphatic heterocycles. The van der Waals surface area contributed by atoms with E-state index in [-0.39, 0.29) is 30.9 Å². The molecule has 7 N–H and O–H groups in total. The van der Waals surface area contributed by atoms with Crippen LogP contribution in [0.3, 0.4) is 0 Å². The topological polar surface area (TPSA) is 191 Å². The number of amides is 4. The molecule has 12 nitrogen and oxygen atoms in total. The number of hydrazine groups is 1. The molecule has 0 unspecified atom stereocenters. The molecule has 12 heteroatoms. The first-order valence-electron chi connectivity index (χ1n) is 9.89. The van der Waals surface area contributed by atoms with Crippen molar-refractivity contribution in [2.24, 2.45) is 5.84 Å². The molecule has 1 heterocycles. The van der Waals surface area contributed by atoms with Gasteiger partial charge in [0.25, 0.3) is 5.91 Å². The van der Waals surface area contributed by atoms with Crippen molar-refractivity contribution in [3.8, 4) is 5.75 Å². The highest BCUT2D eigenvalue weighted by atomic mass is 16.3. The SMILES string of the molecule is CC(=O)N[C@H](C(=O)N[C@@H](Cc1ccc(O)cc1)C(=O)N1CC(=O)C[C@H]1C(=O)NN)[C@@H](C)O. The first kappa shape index (κ1) is 24.8. The molecule has 174 valence electrons. The molecule has 0 bridgehead atoms. The number of nitrogens with two attached hydrogens (primary N) is 1. The Hall–Kier alpha value is -3.51. The molecule has 0 spiro atoms. The summed E-state index contributed by atoms with van der Waals surface area (Å²) in [6, 6.07) is 2.20.